The summed E-state index contributed by atoms with van der Waals surface area (Å²) in [6, 6.07) is 19.9. The van der Waals surface area contributed by atoms with Crippen LogP contribution in [0.3, 0.4) is 0 Å². The van der Waals surface area contributed by atoms with Crippen LogP contribution in [0.5, 0.6) is 11.5 Å². The number of carbonyl (C=O) groups is 1. The van der Waals surface area contributed by atoms with Crippen LogP contribution in [0.1, 0.15) is 5.56 Å². The molecule has 9 heteroatoms. The van der Waals surface area contributed by atoms with E-state index in [4.69, 9.17) is 21.1 Å². The number of fused-ring (bicyclic) bond motifs is 1. The zero-order chi connectivity index (χ0) is 22.7. The third-order valence-corrected chi connectivity index (χ3v) is 7.10. The summed E-state index contributed by atoms with van der Waals surface area (Å²) < 4.78 is 39.0. The van der Waals surface area contributed by atoms with E-state index in [9.17, 15) is 13.2 Å². The van der Waals surface area contributed by atoms with Crippen molar-refractivity contribution in [3.63, 3.8) is 0 Å². The number of nitrogens with zero attached hydrogens (tertiary/aromatic N) is 1. The number of benzene rings is 3. The van der Waals surface area contributed by atoms with Gasteiger partial charge in [-0.2, -0.15) is 0 Å². The van der Waals surface area contributed by atoms with Gasteiger partial charge in [0.05, 0.1) is 24.2 Å². The van der Waals surface area contributed by atoms with Gasteiger partial charge >= 0.3 is 0 Å². The van der Waals surface area contributed by atoms with E-state index in [1.165, 1.54) is 23.5 Å². The lowest BCUT2D eigenvalue weighted by molar-refractivity contribution is -0.127. The number of methoxy groups -OCH3 is 1. The van der Waals surface area contributed by atoms with Gasteiger partial charge in [0.2, 0.25) is 0 Å². The highest BCUT2D eigenvalue weighted by molar-refractivity contribution is 7.92. The van der Waals surface area contributed by atoms with Gasteiger partial charge < -0.3 is 14.8 Å². The summed E-state index contributed by atoms with van der Waals surface area (Å²) in [4.78, 5) is 12.9. The van der Waals surface area contributed by atoms with Gasteiger partial charge in [-0.1, -0.05) is 35.9 Å². The van der Waals surface area contributed by atoms with Crippen molar-refractivity contribution in [3.8, 4) is 11.5 Å². The molecule has 0 saturated carbocycles. The molecule has 166 valence electrons. The summed E-state index contributed by atoms with van der Waals surface area (Å²) in [5, 5.41) is 3.40. The summed E-state index contributed by atoms with van der Waals surface area (Å²) in [6.07, 6.45) is -1.01. The van der Waals surface area contributed by atoms with E-state index in [1.54, 1.807) is 60.7 Å². The topological polar surface area (TPSA) is 84.9 Å². The molecule has 4 rings (SSSR count). The number of anilines is 1. The summed E-state index contributed by atoms with van der Waals surface area (Å²) >= 11 is 5.89. The third kappa shape index (κ3) is 4.51. The summed E-state index contributed by atoms with van der Waals surface area (Å²) in [6.45, 7) is 0.112. The number of sulfonamides is 1. The number of halogens is 1. The van der Waals surface area contributed by atoms with Crippen LogP contribution in [0, 0.1) is 0 Å². The molecule has 32 heavy (non-hydrogen) atoms. The molecule has 0 aromatic heterocycles. The van der Waals surface area contributed by atoms with Crippen LogP contribution in [0.15, 0.2) is 77.7 Å². The Kier molecular flexibility index (Phi) is 6.25. The zero-order valence-corrected chi connectivity index (χ0v) is 18.8. The molecule has 1 unspecified atom stereocenters. The number of hydrogen-bond acceptors (Lipinski definition) is 5. The van der Waals surface area contributed by atoms with E-state index >= 15 is 0 Å². The first kappa shape index (κ1) is 22.0. The fourth-order valence-electron chi connectivity index (χ4n) is 3.35. The van der Waals surface area contributed by atoms with Gasteiger partial charge in [0.25, 0.3) is 15.9 Å². The smallest absolute Gasteiger partial charge is 0.264 e. The average molecular weight is 473 g/mol. The quantitative estimate of drug-likeness (QED) is 0.592. The van der Waals surface area contributed by atoms with Gasteiger partial charge in [0, 0.05) is 11.6 Å². The van der Waals surface area contributed by atoms with E-state index in [-0.39, 0.29) is 18.0 Å². The molecule has 0 bridgehead atoms. The largest absolute Gasteiger partial charge is 0.497 e. The van der Waals surface area contributed by atoms with E-state index in [2.05, 4.69) is 5.32 Å². The lowest BCUT2D eigenvalue weighted by Crippen LogP contribution is -2.50. The molecule has 0 radical (unpaired) electrons. The summed E-state index contributed by atoms with van der Waals surface area (Å²) in [7, 11) is -2.43. The van der Waals surface area contributed by atoms with Gasteiger partial charge in [-0.3, -0.25) is 9.10 Å². The van der Waals surface area contributed by atoms with Gasteiger partial charge in [0.1, 0.15) is 11.5 Å². The average Bonchev–Trinajstić information content (AvgIpc) is 2.82. The predicted molar refractivity (Wildman–Crippen MR) is 122 cm³/mol. The fraction of sp³-hybridized carbons (Fsp3) is 0.174. The molecule has 0 fully saturated rings. The second kappa shape index (κ2) is 9.10. The zero-order valence-electron chi connectivity index (χ0n) is 17.2. The summed E-state index contributed by atoms with van der Waals surface area (Å²) in [5.74, 6) is 0.456. The number of amides is 1. The molecule has 1 amide bonds. The molecule has 1 aliphatic rings. The summed E-state index contributed by atoms with van der Waals surface area (Å²) in [5.41, 5.74) is 1.24. The maximum atomic E-state index is 13.4. The Balaban J connectivity index is 1.58. The molecule has 0 spiro atoms. The molecule has 3 aromatic carbocycles. The van der Waals surface area contributed by atoms with Crippen LogP contribution in [-0.2, 0) is 21.4 Å². The molecule has 1 heterocycles. The van der Waals surface area contributed by atoms with Crippen molar-refractivity contribution in [3.05, 3.63) is 83.4 Å². The van der Waals surface area contributed by atoms with Gasteiger partial charge in [0.15, 0.2) is 6.10 Å². The first-order valence-electron chi connectivity index (χ1n) is 9.83. The van der Waals surface area contributed by atoms with Crippen LogP contribution in [0.2, 0.25) is 5.02 Å². The molecule has 3 aromatic rings. The van der Waals surface area contributed by atoms with Gasteiger partial charge in [-0.15, -0.1) is 0 Å². The minimum Gasteiger partial charge on any atom is -0.497 e. The first-order valence-corrected chi connectivity index (χ1v) is 11.6. The Morgan fingerprint density at radius 2 is 1.78 bits per heavy atom. The highest BCUT2D eigenvalue weighted by atomic mass is 35.5. The van der Waals surface area contributed by atoms with Crippen molar-refractivity contribution in [1.29, 1.82) is 0 Å². The lowest BCUT2D eigenvalue weighted by Gasteiger charge is -2.34. The van der Waals surface area contributed by atoms with E-state index in [1.807, 2.05) is 0 Å². The fourth-order valence-corrected chi connectivity index (χ4v) is 4.95. The second-order valence-electron chi connectivity index (χ2n) is 7.13. The SMILES string of the molecule is COc1ccc(S(=O)(=O)N2CC(C(=O)NCc3ccc(Cl)cc3)Oc3ccccc32)cc1. The predicted octanol–water partition coefficient (Wildman–Crippen LogP) is 3.62. The van der Waals surface area contributed by atoms with Crippen LogP contribution < -0.4 is 19.1 Å². The number of para-hydroxylation sites is 2. The van der Waals surface area contributed by atoms with Gasteiger partial charge in [-0.05, 0) is 54.1 Å². The molecule has 0 aliphatic carbocycles. The van der Waals surface area contributed by atoms with Crippen LogP contribution >= 0.6 is 11.6 Å². The lowest BCUT2D eigenvalue weighted by atomic mass is 10.2. The molecule has 0 saturated heterocycles. The molecule has 1 atom stereocenters. The number of carbonyl (C=O) groups excluding carboxylic acids is 1. The number of hydrogen-bond donors (Lipinski definition) is 1. The van der Waals surface area contributed by atoms with Crippen molar-refractivity contribution in [1.82, 2.24) is 5.32 Å². The molecule has 1 N–H and O–H groups in total. The first-order chi connectivity index (χ1) is 15.4. The van der Waals surface area contributed by atoms with Crippen LogP contribution in [0.4, 0.5) is 5.69 Å². The highest BCUT2D eigenvalue weighted by Crippen LogP contribution is 2.37. The maximum Gasteiger partial charge on any atom is 0.264 e. The molecule has 7 nitrogen and oxygen atoms in total. The Morgan fingerprint density at radius 3 is 2.47 bits per heavy atom. The van der Waals surface area contributed by atoms with Crippen molar-refractivity contribution >= 4 is 33.2 Å². The van der Waals surface area contributed by atoms with Crippen molar-refractivity contribution < 1.29 is 22.7 Å². The normalized spacial score (nSPS) is 15.4. The number of rotatable bonds is 6. The van der Waals surface area contributed by atoms with E-state index < -0.39 is 22.0 Å². The Labute approximate surface area is 191 Å². The van der Waals surface area contributed by atoms with E-state index in [0.29, 0.717) is 22.2 Å². The van der Waals surface area contributed by atoms with Crippen molar-refractivity contribution in [2.24, 2.45) is 0 Å². The Morgan fingerprint density at radius 1 is 1.09 bits per heavy atom. The second-order valence-corrected chi connectivity index (χ2v) is 9.43. The van der Waals surface area contributed by atoms with Crippen molar-refractivity contribution in [2.45, 2.75) is 17.5 Å². The van der Waals surface area contributed by atoms with Crippen LogP contribution in [-0.4, -0.2) is 34.1 Å². The standard InChI is InChI=1S/C23H21ClN2O5S/c1-30-18-10-12-19(13-11-18)32(28,29)26-15-22(31-21-5-3-2-4-20(21)26)23(27)25-14-16-6-8-17(24)9-7-16/h2-13,22H,14-15H2,1H3,(H,25,27). The molecule has 1 aliphatic heterocycles. The highest BCUT2D eigenvalue weighted by Gasteiger charge is 2.37. The number of ether oxygens (including phenoxy) is 2. The van der Waals surface area contributed by atoms with Crippen molar-refractivity contribution in [2.75, 3.05) is 18.0 Å². The minimum absolute atomic E-state index is 0.0929. The Bertz CT molecular complexity index is 1210. The van der Waals surface area contributed by atoms with Gasteiger partial charge in [-0.25, -0.2) is 8.42 Å². The molecular formula is C23H21ClN2O5S. The molecular weight excluding hydrogens is 452 g/mol. The monoisotopic (exact) mass is 472 g/mol. The van der Waals surface area contributed by atoms with E-state index in [0.717, 1.165) is 5.56 Å². The number of nitrogens with one attached hydrogen (secondary N) is 1. The Hall–Kier alpha value is -3.23. The third-order valence-electron chi connectivity index (χ3n) is 5.05. The minimum atomic E-state index is -3.94. The van der Waals surface area contributed by atoms with Crippen LogP contribution in [0.25, 0.3) is 0 Å². The maximum absolute atomic E-state index is 13.4.